The van der Waals surface area contributed by atoms with Gasteiger partial charge in [-0.2, -0.15) is 0 Å². The van der Waals surface area contributed by atoms with E-state index in [1.807, 2.05) is 13.8 Å². The van der Waals surface area contributed by atoms with Crippen molar-refractivity contribution in [2.75, 3.05) is 0 Å². The Bertz CT molecular complexity index is 292. The molecule has 3 atom stereocenters. The Kier molecular flexibility index (Phi) is 8.39. The van der Waals surface area contributed by atoms with E-state index in [4.69, 9.17) is 10.8 Å². The Morgan fingerprint density at radius 3 is 2.21 bits per heavy atom. The highest BCUT2D eigenvalue weighted by Crippen LogP contribution is 2.13. The number of carboxylic acids is 1. The van der Waals surface area contributed by atoms with Crippen LogP contribution in [0.4, 0.5) is 0 Å². The second kappa shape index (κ2) is 8.91. The molecule has 0 rings (SSSR count). The van der Waals surface area contributed by atoms with Crippen molar-refractivity contribution >= 4 is 11.9 Å². The summed E-state index contributed by atoms with van der Waals surface area (Å²) in [5, 5.41) is 11.7. The molecule has 0 bridgehead atoms. The third-order valence-electron chi connectivity index (χ3n) is 3.21. The van der Waals surface area contributed by atoms with Crippen LogP contribution >= 0.6 is 0 Å². The smallest absolute Gasteiger partial charge is 0.305 e. The predicted molar refractivity (Wildman–Crippen MR) is 75.7 cm³/mol. The van der Waals surface area contributed by atoms with Crippen molar-refractivity contribution in [1.29, 1.82) is 0 Å². The summed E-state index contributed by atoms with van der Waals surface area (Å²) in [6, 6.07) is -0.897. The molecule has 0 aromatic rings. The van der Waals surface area contributed by atoms with E-state index in [1.54, 1.807) is 0 Å². The van der Waals surface area contributed by atoms with E-state index in [0.29, 0.717) is 24.7 Å². The van der Waals surface area contributed by atoms with Gasteiger partial charge in [-0.05, 0) is 24.7 Å². The Morgan fingerprint density at radius 2 is 1.79 bits per heavy atom. The fourth-order valence-electron chi connectivity index (χ4n) is 1.98. The number of nitrogens with two attached hydrogens (primary N) is 1. The lowest BCUT2D eigenvalue weighted by atomic mass is 9.96. The summed E-state index contributed by atoms with van der Waals surface area (Å²) in [5.41, 5.74) is 5.80. The number of carbonyl (C=O) groups is 2. The maximum Gasteiger partial charge on any atom is 0.305 e. The van der Waals surface area contributed by atoms with E-state index in [2.05, 4.69) is 19.2 Å². The van der Waals surface area contributed by atoms with Gasteiger partial charge in [-0.3, -0.25) is 9.59 Å². The molecule has 0 fully saturated rings. The molecular formula is C14H28N2O3. The quantitative estimate of drug-likeness (QED) is 0.596. The first-order valence-electron chi connectivity index (χ1n) is 7.03. The SMILES string of the molecule is CCC(C)C[C@@H](CC(=O)O)NC(=O)[C@@H](N)CC(C)C. The van der Waals surface area contributed by atoms with Crippen LogP contribution in [0.1, 0.15) is 53.4 Å². The first-order valence-corrected chi connectivity index (χ1v) is 7.03. The Hall–Kier alpha value is -1.10. The number of nitrogens with one attached hydrogen (secondary N) is 1. The highest BCUT2D eigenvalue weighted by Gasteiger charge is 2.22. The summed E-state index contributed by atoms with van der Waals surface area (Å²) in [5.74, 6) is -0.423. The van der Waals surface area contributed by atoms with E-state index in [-0.39, 0.29) is 18.4 Å². The summed E-state index contributed by atoms with van der Waals surface area (Å²) in [4.78, 5) is 22.7. The molecule has 0 aromatic carbocycles. The fourth-order valence-corrected chi connectivity index (χ4v) is 1.98. The lowest BCUT2D eigenvalue weighted by Crippen LogP contribution is -2.47. The van der Waals surface area contributed by atoms with Gasteiger partial charge in [0.25, 0.3) is 0 Å². The van der Waals surface area contributed by atoms with E-state index >= 15 is 0 Å². The highest BCUT2D eigenvalue weighted by molar-refractivity contribution is 5.82. The summed E-state index contributed by atoms with van der Waals surface area (Å²) in [6.45, 7) is 8.10. The molecule has 0 aliphatic rings. The average molecular weight is 272 g/mol. The van der Waals surface area contributed by atoms with E-state index in [0.717, 1.165) is 6.42 Å². The average Bonchev–Trinajstić information content (AvgIpc) is 2.26. The Balaban J connectivity index is 4.44. The van der Waals surface area contributed by atoms with E-state index in [1.165, 1.54) is 0 Å². The first kappa shape index (κ1) is 17.9. The minimum Gasteiger partial charge on any atom is -0.481 e. The molecule has 1 unspecified atom stereocenters. The zero-order valence-corrected chi connectivity index (χ0v) is 12.5. The number of amides is 1. The van der Waals surface area contributed by atoms with Crippen LogP contribution in [0.2, 0.25) is 0 Å². The third-order valence-corrected chi connectivity index (χ3v) is 3.21. The van der Waals surface area contributed by atoms with E-state index < -0.39 is 12.0 Å². The van der Waals surface area contributed by atoms with Gasteiger partial charge in [-0.1, -0.05) is 34.1 Å². The van der Waals surface area contributed by atoms with E-state index in [9.17, 15) is 9.59 Å². The van der Waals surface area contributed by atoms with Crippen LogP contribution in [-0.4, -0.2) is 29.1 Å². The van der Waals surface area contributed by atoms with Crippen LogP contribution < -0.4 is 11.1 Å². The number of aliphatic carboxylic acids is 1. The molecule has 1 amide bonds. The van der Waals surface area contributed by atoms with Crippen molar-refractivity contribution in [2.24, 2.45) is 17.6 Å². The van der Waals surface area contributed by atoms with Crippen molar-refractivity contribution in [1.82, 2.24) is 5.32 Å². The molecule has 0 aliphatic carbocycles. The summed E-state index contributed by atoms with van der Waals surface area (Å²) in [7, 11) is 0. The summed E-state index contributed by atoms with van der Waals surface area (Å²) in [6.07, 6.45) is 2.19. The number of hydrogen-bond donors (Lipinski definition) is 3. The second-order valence-electron chi connectivity index (χ2n) is 5.79. The van der Waals surface area contributed by atoms with Gasteiger partial charge in [0.15, 0.2) is 0 Å². The van der Waals surface area contributed by atoms with Crippen LogP contribution in [0.5, 0.6) is 0 Å². The van der Waals surface area contributed by atoms with Gasteiger partial charge >= 0.3 is 5.97 Å². The zero-order valence-electron chi connectivity index (χ0n) is 12.5. The van der Waals surface area contributed by atoms with Crippen molar-refractivity contribution < 1.29 is 14.7 Å². The summed E-state index contributed by atoms with van der Waals surface area (Å²) >= 11 is 0. The number of carboxylic acid groups (broad SMARTS) is 1. The largest absolute Gasteiger partial charge is 0.481 e. The molecule has 0 radical (unpaired) electrons. The molecule has 0 spiro atoms. The van der Waals surface area contributed by atoms with Gasteiger partial charge in [-0.25, -0.2) is 0 Å². The highest BCUT2D eigenvalue weighted by atomic mass is 16.4. The molecule has 0 aromatic heterocycles. The molecular weight excluding hydrogens is 244 g/mol. The van der Waals surface area contributed by atoms with Gasteiger partial charge in [0.1, 0.15) is 0 Å². The predicted octanol–water partition coefficient (Wildman–Crippen LogP) is 1.76. The first-order chi connectivity index (χ1) is 8.76. The summed E-state index contributed by atoms with van der Waals surface area (Å²) < 4.78 is 0. The number of rotatable bonds is 9. The Labute approximate surface area is 115 Å². The molecule has 19 heavy (non-hydrogen) atoms. The molecule has 4 N–H and O–H groups in total. The molecule has 112 valence electrons. The van der Waals surface area contributed by atoms with Crippen LogP contribution in [-0.2, 0) is 9.59 Å². The molecule has 0 saturated carbocycles. The molecule has 0 saturated heterocycles. The Morgan fingerprint density at radius 1 is 1.21 bits per heavy atom. The monoisotopic (exact) mass is 272 g/mol. The normalized spacial score (nSPS) is 15.9. The molecule has 0 aliphatic heterocycles. The minimum atomic E-state index is -0.897. The zero-order chi connectivity index (χ0) is 15.0. The minimum absolute atomic E-state index is 0.0511. The standard InChI is InChI=1S/C14H28N2O3/c1-5-10(4)7-11(8-13(17)18)16-14(19)12(15)6-9(2)3/h9-12H,5-8,15H2,1-4H3,(H,16,19)(H,17,18)/t10?,11-,12-/m0/s1. The number of carbonyl (C=O) groups excluding carboxylic acids is 1. The van der Waals surface area contributed by atoms with Gasteiger partial charge in [-0.15, -0.1) is 0 Å². The fraction of sp³-hybridized carbons (Fsp3) is 0.857. The van der Waals surface area contributed by atoms with Crippen LogP contribution in [0.25, 0.3) is 0 Å². The van der Waals surface area contributed by atoms with Crippen molar-refractivity contribution in [3.8, 4) is 0 Å². The maximum absolute atomic E-state index is 11.9. The van der Waals surface area contributed by atoms with Crippen LogP contribution in [0, 0.1) is 11.8 Å². The van der Waals surface area contributed by atoms with Crippen LogP contribution in [0.3, 0.4) is 0 Å². The van der Waals surface area contributed by atoms with Gasteiger partial charge < -0.3 is 16.2 Å². The van der Waals surface area contributed by atoms with Gasteiger partial charge in [0.2, 0.25) is 5.91 Å². The van der Waals surface area contributed by atoms with Crippen molar-refractivity contribution in [3.05, 3.63) is 0 Å². The lowest BCUT2D eigenvalue weighted by molar-refractivity contribution is -0.137. The van der Waals surface area contributed by atoms with Crippen molar-refractivity contribution in [3.63, 3.8) is 0 Å². The van der Waals surface area contributed by atoms with Gasteiger partial charge in [0, 0.05) is 6.04 Å². The van der Waals surface area contributed by atoms with Crippen LogP contribution in [0.15, 0.2) is 0 Å². The molecule has 5 heteroatoms. The molecule has 5 nitrogen and oxygen atoms in total. The number of hydrogen-bond acceptors (Lipinski definition) is 3. The van der Waals surface area contributed by atoms with Crippen molar-refractivity contribution in [2.45, 2.75) is 65.5 Å². The topological polar surface area (TPSA) is 92.4 Å². The second-order valence-corrected chi connectivity index (χ2v) is 5.79. The molecule has 0 heterocycles. The maximum atomic E-state index is 11.9. The third kappa shape index (κ3) is 8.59. The van der Waals surface area contributed by atoms with Gasteiger partial charge in [0.05, 0.1) is 12.5 Å². The lowest BCUT2D eigenvalue weighted by Gasteiger charge is -2.22.